The second-order valence-electron chi connectivity index (χ2n) is 13.6. The molecule has 1 aromatic heterocycles. The lowest BCUT2D eigenvalue weighted by atomic mass is 10.0. The molecule has 3 aromatic rings. The van der Waals surface area contributed by atoms with E-state index in [1.165, 1.54) is 12.0 Å². The number of likely N-dealkylation sites (N-methyl/N-ethyl adjacent to an activating group) is 1. The standard InChI is InChI=1S/C38H49N9O8/c1-24(39-2)34(49)41-29-15-16-33(48)40-22-27-23-46(45-44-27)18-19-55-28-13-11-26(12-14-28)21-31(38(53)54-3)43-35(50)30(20-25-8-5-4-6-9-25)42-36(51)32-10-7-17-47(32)37(29)52/h4-6,8-9,11-14,23-24,29-32,39H,7,10,15-22H2,1-3H3,(H,40,48)(H,41,49)(H,42,51)(H,43,50)/t24-,29-,30-,31-,32-/m0/s1. The number of esters is 1. The van der Waals surface area contributed by atoms with Gasteiger partial charge in [0.2, 0.25) is 29.5 Å². The number of hydrogen-bond donors (Lipinski definition) is 5. The molecule has 3 aliphatic rings. The van der Waals surface area contributed by atoms with Crippen LogP contribution in [0.15, 0.2) is 60.8 Å². The molecule has 294 valence electrons. The molecule has 0 spiro atoms. The number of nitrogens with one attached hydrogen (secondary N) is 5. The van der Waals surface area contributed by atoms with E-state index < -0.39 is 59.8 Å². The number of carbonyl (C=O) groups excluding carboxylic acids is 6. The molecule has 2 aromatic carbocycles. The summed E-state index contributed by atoms with van der Waals surface area (Å²) < 4.78 is 12.5. The number of hydrogen-bond acceptors (Lipinski definition) is 11. The zero-order chi connectivity index (χ0) is 39.3. The van der Waals surface area contributed by atoms with Gasteiger partial charge in [-0.05, 0) is 56.5 Å². The first-order valence-corrected chi connectivity index (χ1v) is 18.4. The first-order valence-electron chi connectivity index (χ1n) is 18.4. The maximum atomic E-state index is 14.1. The van der Waals surface area contributed by atoms with Gasteiger partial charge in [-0.25, -0.2) is 9.48 Å². The van der Waals surface area contributed by atoms with Crippen LogP contribution in [0.25, 0.3) is 0 Å². The molecule has 55 heavy (non-hydrogen) atoms. The number of methoxy groups -OCH3 is 1. The van der Waals surface area contributed by atoms with Gasteiger partial charge in [-0.3, -0.25) is 24.0 Å². The number of aromatic nitrogens is 3. The van der Waals surface area contributed by atoms with Gasteiger partial charge >= 0.3 is 5.97 Å². The Bertz CT molecular complexity index is 1800. The third-order valence-electron chi connectivity index (χ3n) is 9.66. The van der Waals surface area contributed by atoms with Crippen LogP contribution in [-0.2, 0) is 59.4 Å². The molecule has 17 nitrogen and oxygen atoms in total. The van der Waals surface area contributed by atoms with E-state index in [4.69, 9.17) is 9.47 Å². The van der Waals surface area contributed by atoms with Gasteiger partial charge in [0.25, 0.3) is 0 Å². The van der Waals surface area contributed by atoms with Crippen LogP contribution in [-0.4, -0.2) is 113 Å². The van der Waals surface area contributed by atoms with Gasteiger partial charge < -0.3 is 41.0 Å². The quantitative estimate of drug-likeness (QED) is 0.207. The second-order valence-corrected chi connectivity index (χ2v) is 13.6. The zero-order valence-corrected chi connectivity index (χ0v) is 31.3. The molecule has 3 aliphatic heterocycles. The normalized spacial score (nSPS) is 22.3. The Hall–Kier alpha value is -5.84. The predicted octanol–water partition coefficient (Wildman–Crippen LogP) is -0.221. The van der Waals surface area contributed by atoms with Gasteiger partial charge in [-0.1, -0.05) is 47.7 Å². The van der Waals surface area contributed by atoms with E-state index in [-0.39, 0.29) is 51.3 Å². The fourth-order valence-electron chi connectivity index (χ4n) is 6.42. The SMILES string of the molecule is CN[C@@H](C)C(=O)N[C@H]1CCC(=O)NCc2cn(nn2)CCOc2ccc(cc2)C[C@@H](C(=O)OC)NC(=O)[C@H](Cc2ccccc2)NC(=O)[C@@H]2CCCN2C1=O. The highest BCUT2D eigenvalue weighted by Gasteiger charge is 2.39. The molecule has 0 aliphatic carbocycles. The summed E-state index contributed by atoms with van der Waals surface area (Å²) >= 11 is 0. The molecule has 0 unspecified atom stereocenters. The minimum absolute atomic E-state index is 0.0314. The maximum Gasteiger partial charge on any atom is 0.328 e. The highest BCUT2D eigenvalue weighted by molar-refractivity contribution is 5.96. The highest BCUT2D eigenvalue weighted by Crippen LogP contribution is 2.21. The summed E-state index contributed by atoms with van der Waals surface area (Å²) in [5, 5.41) is 22.2. The Morgan fingerprint density at radius 1 is 1.00 bits per heavy atom. The van der Waals surface area contributed by atoms with Crippen LogP contribution in [0.3, 0.4) is 0 Å². The topological polar surface area (TPSA) is 215 Å². The number of carbonyl (C=O) groups is 6. The van der Waals surface area contributed by atoms with Gasteiger partial charge in [-0.2, -0.15) is 0 Å². The number of nitrogens with zero attached hydrogens (tertiary/aromatic N) is 4. The Morgan fingerprint density at radius 3 is 2.49 bits per heavy atom. The molecule has 0 saturated carbocycles. The van der Waals surface area contributed by atoms with Crippen molar-refractivity contribution < 1.29 is 38.2 Å². The van der Waals surface area contributed by atoms with Crippen LogP contribution in [0.2, 0.25) is 0 Å². The number of amides is 5. The molecule has 5 atom stereocenters. The number of rotatable bonds is 6. The first kappa shape index (κ1) is 40.3. The summed E-state index contributed by atoms with van der Waals surface area (Å²) in [5.74, 6) is -2.59. The zero-order valence-electron chi connectivity index (χ0n) is 31.3. The van der Waals surface area contributed by atoms with E-state index in [1.807, 2.05) is 30.3 Å². The fraction of sp³-hybridized carbons (Fsp3) is 0.474. The van der Waals surface area contributed by atoms with Gasteiger partial charge in [0.05, 0.1) is 32.4 Å². The van der Waals surface area contributed by atoms with E-state index >= 15 is 0 Å². The lowest BCUT2D eigenvalue weighted by Gasteiger charge is -2.30. The van der Waals surface area contributed by atoms with Crippen LogP contribution in [0.4, 0.5) is 0 Å². The van der Waals surface area contributed by atoms with Crippen molar-refractivity contribution >= 4 is 35.5 Å². The van der Waals surface area contributed by atoms with E-state index in [1.54, 1.807) is 49.1 Å². The second kappa shape index (κ2) is 19.5. The summed E-state index contributed by atoms with van der Waals surface area (Å²) in [5.41, 5.74) is 2.00. The monoisotopic (exact) mass is 759 g/mol. The van der Waals surface area contributed by atoms with E-state index in [0.717, 1.165) is 11.1 Å². The molecule has 5 amide bonds. The third-order valence-corrected chi connectivity index (χ3v) is 9.66. The molecule has 1 saturated heterocycles. The largest absolute Gasteiger partial charge is 0.492 e. The Kier molecular flexibility index (Phi) is 14.3. The lowest BCUT2D eigenvalue weighted by Crippen LogP contribution is -2.58. The molecule has 1 fully saturated rings. The lowest BCUT2D eigenvalue weighted by molar-refractivity contribution is -0.145. The number of benzene rings is 2. The van der Waals surface area contributed by atoms with Gasteiger partial charge in [0, 0.05) is 25.8 Å². The number of fused-ring (bicyclic) bond motifs is 16. The van der Waals surface area contributed by atoms with E-state index in [0.29, 0.717) is 30.8 Å². The van der Waals surface area contributed by atoms with Crippen molar-refractivity contribution in [2.45, 2.75) is 88.7 Å². The fourth-order valence-corrected chi connectivity index (χ4v) is 6.42. The van der Waals surface area contributed by atoms with Crippen molar-refractivity contribution in [2.24, 2.45) is 0 Å². The van der Waals surface area contributed by atoms with Crippen molar-refractivity contribution in [1.29, 1.82) is 0 Å². The third kappa shape index (κ3) is 11.3. The average molecular weight is 760 g/mol. The van der Waals surface area contributed by atoms with Crippen LogP contribution >= 0.6 is 0 Å². The van der Waals surface area contributed by atoms with Crippen molar-refractivity contribution in [3.05, 3.63) is 77.6 Å². The Morgan fingerprint density at radius 2 is 1.76 bits per heavy atom. The van der Waals surface area contributed by atoms with Gasteiger partial charge in [0.15, 0.2) is 0 Å². The minimum Gasteiger partial charge on any atom is -0.492 e. The highest BCUT2D eigenvalue weighted by atomic mass is 16.5. The van der Waals surface area contributed by atoms with Gasteiger partial charge in [0.1, 0.15) is 42.2 Å². The van der Waals surface area contributed by atoms with Crippen molar-refractivity contribution in [3.8, 4) is 5.75 Å². The molecule has 4 bridgehead atoms. The van der Waals surface area contributed by atoms with Crippen molar-refractivity contribution in [3.63, 3.8) is 0 Å². The Labute approximate surface area is 319 Å². The smallest absolute Gasteiger partial charge is 0.328 e. The molecule has 6 rings (SSSR count). The summed E-state index contributed by atoms with van der Waals surface area (Å²) in [6, 6.07) is 11.3. The van der Waals surface area contributed by atoms with Crippen LogP contribution in [0.5, 0.6) is 5.75 Å². The predicted molar refractivity (Wildman–Crippen MR) is 198 cm³/mol. The first-order chi connectivity index (χ1) is 26.5. The molecule has 17 heteroatoms. The molecule has 0 radical (unpaired) electrons. The van der Waals surface area contributed by atoms with Crippen LogP contribution in [0.1, 0.15) is 49.4 Å². The summed E-state index contributed by atoms with van der Waals surface area (Å²) in [7, 11) is 2.84. The Balaban J connectivity index is 1.43. The maximum absolute atomic E-state index is 14.1. The minimum atomic E-state index is -1.12. The van der Waals surface area contributed by atoms with Crippen molar-refractivity contribution in [1.82, 2.24) is 46.5 Å². The summed E-state index contributed by atoms with van der Waals surface area (Å²) in [4.78, 5) is 82.4. The average Bonchev–Trinajstić information content (AvgIpc) is 3.88. The van der Waals surface area contributed by atoms with E-state index in [2.05, 4.69) is 36.9 Å². The van der Waals surface area contributed by atoms with Crippen molar-refractivity contribution in [2.75, 3.05) is 27.3 Å². The molecule has 5 N–H and O–H groups in total. The van der Waals surface area contributed by atoms with E-state index in [9.17, 15) is 28.8 Å². The molecule has 4 heterocycles. The molecular formula is C38H49N9O8. The summed E-state index contributed by atoms with van der Waals surface area (Å²) in [6.45, 7) is 2.62. The number of ether oxygens (including phenoxy) is 2. The van der Waals surface area contributed by atoms with Gasteiger partial charge in [-0.15, -0.1) is 5.10 Å². The molecular weight excluding hydrogens is 710 g/mol. The summed E-state index contributed by atoms with van der Waals surface area (Å²) in [6.07, 6.45) is 2.58. The van der Waals surface area contributed by atoms with Crippen LogP contribution in [0, 0.1) is 0 Å². The van der Waals surface area contributed by atoms with Crippen LogP contribution < -0.4 is 31.3 Å².